The molecule has 152 valence electrons. The highest BCUT2D eigenvalue weighted by atomic mass is 16.4. The van der Waals surface area contributed by atoms with E-state index in [4.69, 9.17) is 10.2 Å². The summed E-state index contributed by atoms with van der Waals surface area (Å²) in [6.07, 6.45) is 6.29. The molecule has 8 nitrogen and oxygen atoms in total. The number of hydrogen-bond donors (Lipinski definition) is 3. The van der Waals surface area contributed by atoms with Gasteiger partial charge < -0.3 is 20.6 Å². The average Bonchev–Trinajstić information content (AvgIpc) is 3.39. The van der Waals surface area contributed by atoms with Crippen LogP contribution in [0.3, 0.4) is 0 Å². The van der Waals surface area contributed by atoms with Crippen molar-refractivity contribution in [2.45, 2.75) is 19.4 Å². The predicted octanol–water partition coefficient (Wildman–Crippen LogP) is 3.92. The van der Waals surface area contributed by atoms with Crippen LogP contribution in [0.2, 0.25) is 0 Å². The Balaban J connectivity index is 1.39. The van der Waals surface area contributed by atoms with Crippen molar-refractivity contribution in [2.24, 2.45) is 5.73 Å². The molecule has 8 heteroatoms. The normalized spacial score (nSPS) is 10.8. The fourth-order valence-corrected chi connectivity index (χ4v) is 3.00. The van der Waals surface area contributed by atoms with E-state index >= 15 is 0 Å². The van der Waals surface area contributed by atoms with E-state index in [9.17, 15) is 9.90 Å². The fraction of sp³-hybridized carbons (Fsp3) is 0.136. The monoisotopic (exact) mass is 403 g/mol. The summed E-state index contributed by atoms with van der Waals surface area (Å²) in [4.78, 5) is 15.2. The van der Waals surface area contributed by atoms with Gasteiger partial charge >= 0.3 is 0 Å². The van der Waals surface area contributed by atoms with E-state index in [1.54, 1.807) is 41.3 Å². The molecule has 0 aliphatic heterocycles. The number of hydrogen-bond acceptors (Lipinski definition) is 6. The van der Waals surface area contributed by atoms with Gasteiger partial charge in [-0.3, -0.25) is 9.48 Å². The largest absolute Gasteiger partial charge is 0.508 e. The summed E-state index contributed by atoms with van der Waals surface area (Å²) in [6, 6.07) is 14.5. The van der Waals surface area contributed by atoms with Gasteiger partial charge in [0.25, 0.3) is 0 Å². The molecule has 0 aliphatic carbocycles. The van der Waals surface area contributed by atoms with E-state index in [0.717, 1.165) is 22.5 Å². The highest BCUT2D eigenvalue weighted by Gasteiger charge is 2.09. The van der Waals surface area contributed by atoms with Gasteiger partial charge in [0.2, 0.25) is 11.8 Å². The van der Waals surface area contributed by atoms with Gasteiger partial charge in [0, 0.05) is 36.0 Å². The second-order valence-electron chi connectivity index (χ2n) is 6.84. The maximum Gasteiger partial charge on any atom is 0.226 e. The number of benzene rings is 2. The first kappa shape index (κ1) is 19.3. The number of phenolic OH excluding ortho intramolecular Hbond substituents is 1. The quantitative estimate of drug-likeness (QED) is 0.410. The van der Waals surface area contributed by atoms with E-state index in [0.29, 0.717) is 31.0 Å². The Morgan fingerprint density at radius 2 is 1.77 bits per heavy atom. The molecular weight excluding hydrogens is 382 g/mol. The van der Waals surface area contributed by atoms with Gasteiger partial charge in [-0.15, -0.1) is 0 Å². The lowest BCUT2D eigenvalue weighted by atomic mass is 10.2. The molecule has 2 heterocycles. The first-order chi connectivity index (χ1) is 14.6. The lowest BCUT2D eigenvalue weighted by Crippen LogP contribution is -2.11. The Bertz CT molecular complexity index is 1130. The molecule has 2 aromatic heterocycles. The van der Waals surface area contributed by atoms with E-state index < -0.39 is 0 Å². The lowest BCUT2D eigenvalue weighted by Gasteiger charge is -2.04. The standard InChI is InChI=1S/C22H21N5O3/c23-21(29)2-1-11-27-14-18(12-25-27)26-17-7-3-16(4-8-17)22-24-13-20(30-22)15-5-9-19(28)10-6-15/h3-10,12-14,26,28H,1-2,11H2,(H2,23,29). The number of rotatable bonds is 8. The number of carbonyl (C=O) groups excluding carboxylic acids is 1. The van der Waals surface area contributed by atoms with Gasteiger partial charge in [-0.05, 0) is 55.0 Å². The Morgan fingerprint density at radius 3 is 2.50 bits per heavy atom. The van der Waals surface area contributed by atoms with Gasteiger partial charge in [-0.1, -0.05) is 0 Å². The molecule has 2 aromatic carbocycles. The molecule has 0 aliphatic rings. The third-order valence-electron chi connectivity index (χ3n) is 4.52. The zero-order valence-electron chi connectivity index (χ0n) is 16.2. The van der Waals surface area contributed by atoms with Crippen LogP contribution in [0.15, 0.2) is 71.5 Å². The van der Waals surface area contributed by atoms with Crippen molar-refractivity contribution in [3.8, 4) is 28.5 Å². The smallest absolute Gasteiger partial charge is 0.226 e. The molecule has 4 aromatic rings. The van der Waals surface area contributed by atoms with Crippen LogP contribution < -0.4 is 11.1 Å². The summed E-state index contributed by atoms with van der Waals surface area (Å²) in [7, 11) is 0. The molecule has 4 N–H and O–H groups in total. The Morgan fingerprint density at radius 1 is 1.03 bits per heavy atom. The minimum Gasteiger partial charge on any atom is -0.508 e. The van der Waals surface area contributed by atoms with E-state index in [1.165, 1.54) is 0 Å². The van der Waals surface area contributed by atoms with Crippen LogP contribution in [0, 0.1) is 0 Å². The van der Waals surface area contributed by atoms with Crippen LogP contribution in [-0.4, -0.2) is 25.8 Å². The fourth-order valence-electron chi connectivity index (χ4n) is 3.00. The number of anilines is 2. The number of phenols is 1. The number of nitrogens with zero attached hydrogens (tertiary/aromatic N) is 3. The maximum atomic E-state index is 10.8. The van der Waals surface area contributed by atoms with Crippen LogP contribution >= 0.6 is 0 Å². The summed E-state index contributed by atoms with van der Waals surface area (Å²) in [5, 5.41) is 17.0. The summed E-state index contributed by atoms with van der Waals surface area (Å²) in [5.41, 5.74) is 8.61. The molecule has 0 saturated heterocycles. The summed E-state index contributed by atoms with van der Waals surface area (Å²) in [5.74, 6) is 1.06. The molecule has 0 atom stereocenters. The van der Waals surface area contributed by atoms with Gasteiger partial charge in [0.1, 0.15) is 5.75 Å². The molecule has 30 heavy (non-hydrogen) atoms. The highest BCUT2D eigenvalue weighted by molar-refractivity contribution is 5.73. The topological polar surface area (TPSA) is 119 Å². The zero-order valence-corrected chi connectivity index (χ0v) is 16.2. The lowest BCUT2D eigenvalue weighted by molar-refractivity contribution is -0.118. The highest BCUT2D eigenvalue weighted by Crippen LogP contribution is 2.28. The Hall–Kier alpha value is -4.07. The third kappa shape index (κ3) is 4.67. The van der Waals surface area contributed by atoms with Crippen molar-refractivity contribution in [1.29, 1.82) is 0 Å². The second-order valence-corrected chi connectivity index (χ2v) is 6.84. The minimum atomic E-state index is -0.304. The molecule has 0 fully saturated rings. The first-order valence-corrected chi connectivity index (χ1v) is 9.50. The number of carbonyl (C=O) groups is 1. The number of nitrogens with two attached hydrogens (primary N) is 1. The van der Waals surface area contributed by atoms with Gasteiger partial charge in [-0.2, -0.15) is 5.10 Å². The molecule has 0 saturated carbocycles. The minimum absolute atomic E-state index is 0.206. The van der Waals surface area contributed by atoms with E-state index in [1.807, 2.05) is 30.5 Å². The van der Waals surface area contributed by atoms with Gasteiger partial charge in [-0.25, -0.2) is 4.98 Å². The first-order valence-electron chi connectivity index (χ1n) is 9.50. The van der Waals surface area contributed by atoms with Crippen LogP contribution in [-0.2, 0) is 11.3 Å². The van der Waals surface area contributed by atoms with Crippen LogP contribution in [0.25, 0.3) is 22.8 Å². The predicted molar refractivity (Wildman–Crippen MR) is 113 cm³/mol. The summed E-state index contributed by atoms with van der Waals surface area (Å²) < 4.78 is 7.63. The van der Waals surface area contributed by atoms with E-state index in [2.05, 4.69) is 15.4 Å². The summed E-state index contributed by atoms with van der Waals surface area (Å²) in [6.45, 7) is 0.636. The second kappa shape index (κ2) is 8.52. The average molecular weight is 403 g/mol. The number of aromatic nitrogens is 3. The molecule has 1 amide bonds. The van der Waals surface area contributed by atoms with Crippen molar-refractivity contribution >= 4 is 17.3 Å². The molecule has 4 rings (SSSR count). The Kier molecular flexibility index (Phi) is 5.47. The molecule has 0 unspecified atom stereocenters. The van der Waals surface area contributed by atoms with Crippen molar-refractivity contribution in [1.82, 2.24) is 14.8 Å². The zero-order chi connectivity index (χ0) is 20.9. The van der Waals surface area contributed by atoms with Gasteiger partial charge in [0.15, 0.2) is 5.76 Å². The number of amides is 1. The van der Waals surface area contributed by atoms with Crippen molar-refractivity contribution in [3.63, 3.8) is 0 Å². The molecular formula is C22H21N5O3. The maximum absolute atomic E-state index is 10.8. The van der Waals surface area contributed by atoms with Crippen molar-refractivity contribution in [3.05, 3.63) is 67.1 Å². The Labute approximate surface area is 173 Å². The number of aromatic hydroxyl groups is 1. The SMILES string of the molecule is NC(=O)CCCn1cc(Nc2ccc(-c3ncc(-c4ccc(O)cc4)o3)cc2)cn1. The van der Waals surface area contributed by atoms with Crippen molar-refractivity contribution < 1.29 is 14.3 Å². The molecule has 0 radical (unpaired) electrons. The molecule has 0 bridgehead atoms. The van der Waals surface area contributed by atoms with E-state index in [-0.39, 0.29) is 11.7 Å². The van der Waals surface area contributed by atoms with Crippen LogP contribution in [0.4, 0.5) is 11.4 Å². The number of aryl methyl sites for hydroxylation is 1. The number of oxazole rings is 1. The number of nitrogens with one attached hydrogen (secondary N) is 1. The third-order valence-corrected chi connectivity index (χ3v) is 4.52. The van der Waals surface area contributed by atoms with Crippen LogP contribution in [0.1, 0.15) is 12.8 Å². The number of primary amides is 1. The van der Waals surface area contributed by atoms with Crippen molar-refractivity contribution in [2.75, 3.05) is 5.32 Å². The molecule has 0 spiro atoms. The van der Waals surface area contributed by atoms with Gasteiger partial charge in [0.05, 0.1) is 18.1 Å². The van der Waals surface area contributed by atoms with Crippen LogP contribution in [0.5, 0.6) is 5.75 Å². The summed E-state index contributed by atoms with van der Waals surface area (Å²) >= 11 is 0.